The Morgan fingerprint density at radius 2 is 2.00 bits per heavy atom. The van der Waals surface area contributed by atoms with E-state index in [0.29, 0.717) is 17.4 Å². The van der Waals surface area contributed by atoms with Gasteiger partial charge in [0.15, 0.2) is 0 Å². The summed E-state index contributed by atoms with van der Waals surface area (Å²) in [5, 5.41) is 0.744. The summed E-state index contributed by atoms with van der Waals surface area (Å²) >= 11 is 3.54. The molecule has 0 fully saturated rings. The molecule has 4 nitrogen and oxygen atoms in total. The van der Waals surface area contributed by atoms with Crippen molar-refractivity contribution in [1.82, 2.24) is 9.97 Å². The maximum absolute atomic E-state index is 11.8. The average Bonchev–Trinajstić information content (AvgIpc) is 2.41. The monoisotopic (exact) mass is 349 g/mol. The zero-order chi connectivity index (χ0) is 15.7. The van der Waals surface area contributed by atoms with Crippen molar-refractivity contribution in [3.63, 3.8) is 0 Å². The Bertz CT molecular complexity index is 710. The Morgan fingerprint density at radius 1 is 1.33 bits per heavy atom. The molecular weight excluding hydrogens is 330 g/mol. The second-order valence-corrected chi connectivity index (χ2v) is 6.60. The lowest BCUT2D eigenvalue weighted by molar-refractivity contribution is 0.0997. The summed E-state index contributed by atoms with van der Waals surface area (Å²) in [5.41, 5.74) is 8.66. The van der Waals surface area contributed by atoms with Gasteiger partial charge < -0.3 is 5.73 Å². The molecule has 0 atom stereocenters. The fourth-order valence-corrected chi connectivity index (χ4v) is 2.69. The van der Waals surface area contributed by atoms with Gasteiger partial charge in [0.25, 0.3) is 5.91 Å². The first-order valence-corrected chi connectivity index (χ1v) is 7.86. The SMILES string of the molecule is Cc1cc2nc(CCC(C)C)nc(C(N)=O)c2c(C)c1Br. The molecule has 0 saturated carbocycles. The molecule has 5 heteroatoms. The second kappa shape index (κ2) is 6.10. The molecule has 1 heterocycles. The molecule has 112 valence electrons. The van der Waals surface area contributed by atoms with Crippen LogP contribution in [0.5, 0.6) is 0 Å². The van der Waals surface area contributed by atoms with Gasteiger partial charge in [-0.15, -0.1) is 0 Å². The summed E-state index contributed by atoms with van der Waals surface area (Å²) < 4.78 is 0.969. The molecule has 2 aromatic rings. The van der Waals surface area contributed by atoms with Crippen molar-refractivity contribution < 1.29 is 4.79 Å². The van der Waals surface area contributed by atoms with Crippen LogP contribution in [0.3, 0.4) is 0 Å². The summed E-state index contributed by atoms with van der Waals surface area (Å²) in [4.78, 5) is 20.8. The molecule has 0 unspecified atom stereocenters. The van der Waals surface area contributed by atoms with Gasteiger partial charge in [-0.25, -0.2) is 9.97 Å². The first-order chi connectivity index (χ1) is 9.81. The number of aryl methyl sites for hydroxylation is 3. The number of nitrogens with zero attached hydrogens (tertiary/aromatic N) is 2. The summed E-state index contributed by atoms with van der Waals surface area (Å²) in [7, 11) is 0. The Hall–Kier alpha value is -1.49. The van der Waals surface area contributed by atoms with E-state index in [9.17, 15) is 4.79 Å². The zero-order valence-electron chi connectivity index (χ0n) is 12.8. The highest BCUT2D eigenvalue weighted by Crippen LogP contribution is 2.30. The van der Waals surface area contributed by atoms with Crippen molar-refractivity contribution in [3.8, 4) is 0 Å². The Kier molecular flexibility index (Phi) is 4.61. The van der Waals surface area contributed by atoms with E-state index >= 15 is 0 Å². The molecule has 0 bridgehead atoms. The molecular formula is C16H20BrN3O. The lowest BCUT2D eigenvalue weighted by Crippen LogP contribution is -2.16. The number of carbonyl (C=O) groups excluding carboxylic acids is 1. The minimum absolute atomic E-state index is 0.317. The quantitative estimate of drug-likeness (QED) is 0.914. The number of rotatable bonds is 4. The van der Waals surface area contributed by atoms with Gasteiger partial charge >= 0.3 is 0 Å². The smallest absolute Gasteiger partial charge is 0.268 e. The number of aromatic nitrogens is 2. The van der Waals surface area contributed by atoms with Crippen LogP contribution >= 0.6 is 15.9 Å². The van der Waals surface area contributed by atoms with Crippen LogP contribution in [0.2, 0.25) is 0 Å². The lowest BCUT2D eigenvalue weighted by atomic mass is 10.0. The number of carbonyl (C=O) groups is 1. The second-order valence-electron chi connectivity index (χ2n) is 5.81. The molecule has 1 aromatic heterocycles. The maximum Gasteiger partial charge on any atom is 0.268 e. The van der Waals surface area contributed by atoms with Crippen molar-refractivity contribution in [3.05, 3.63) is 33.2 Å². The van der Waals surface area contributed by atoms with Gasteiger partial charge in [0.05, 0.1) is 5.52 Å². The van der Waals surface area contributed by atoms with Crippen molar-refractivity contribution in [1.29, 1.82) is 0 Å². The first kappa shape index (κ1) is 15.9. The van der Waals surface area contributed by atoms with Crippen molar-refractivity contribution in [2.75, 3.05) is 0 Å². The molecule has 21 heavy (non-hydrogen) atoms. The van der Waals surface area contributed by atoms with E-state index in [1.54, 1.807) is 0 Å². The van der Waals surface area contributed by atoms with Gasteiger partial charge in [-0.2, -0.15) is 0 Å². The minimum Gasteiger partial charge on any atom is -0.364 e. The summed E-state index contributed by atoms with van der Waals surface area (Å²) in [6.07, 6.45) is 1.74. The number of amides is 1. The van der Waals surface area contributed by atoms with Crippen LogP contribution in [-0.4, -0.2) is 15.9 Å². The number of benzene rings is 1. The summed E-state index contributed by atoms with van der Waals surface area (Å²) in [6.45, 7) is 8.27. The third-order valence-corrected chi connectivity index (χ3v) is 4.79. The molecule has 2 rings (SSSR count). The maximum atomic E-state index is 11.8. The van der Waals surface area contributed by atoms with Gasteiger partial charge in [0.1, 0.15) is 11.5 Å². The molecule has 0 saturated heterocycles. The van der Waals surface area contributed by atoms with Crippen molar-refractivity contribution >= 4 is 32.7 Å². The van der Waals surface area contributed by atoms with Crippen LogP contribution < -0.4 is 5.73 Å². The molecule has 1 amide bonds. The van der Waals surface area contributed by atoms with E-state index in [1.807, 2.05) is 19.9 Å². The van der Waals surface area contributed by atoms with Crippen LogP contribution in [0.4, 0.5) is 0 Å². The fraction of sp³-hybridized carbons (Fsp3) is 0.438. The number of hydrogen-bond donors (Lipinski definition) is 1. The van der Waals surface area contributed by atoms with Gasteiger partial charge in [-0.1, -0.05) is 29.8 Å². The molecule has 0 aliphatic rings. The van der Waals surface area contributed by atoms with E-state index < -0.39 is 5.91 Å². The van der Waals surface area contributed by atoms with E-state index in [0.717, 1.165) is 39.3 Å². The van der Waals surface area contributed by atoms with Gasteiger partial charge in [-0.3, -0.25) is 4.79 Å². The van der Waals surface area contributed by atoms with Gasteiger partial charge in [0.2, 0.25) is 0 Å². The highest BCUT2D eigenvalue weighted by atomic mass is 79.9. The third-order valence-electron chi connectivity index (χ3n) is 3.57. The molecule has 0 spiro atoms. The molecule has 0 aliphatic carbocycles. The lowest BCUT2D eigenvalue weighted by Gasteiger charge is -2.12. The average molecular weight is 350 g/mol. The summed E-state index contributed by atoms with van der Waals surface area (Å²) in [5.74, 6) is 0.743. The van der Waals surface area contributed by atoms with E-state index in [1.165, 1.54) is 0 Å². The summed E-state index contributed by atoms with van der Waals surface area (Å²) in [6, 6.07) is 1.97. The molecule has 0 radical (unpaired) electrons. The normalized spacial score (nSPS) is 11.3. The van der Waals surface area contributed by atoms with E-state index in [-0.39, 0.29) is 0 Å². The fourth-order valence-electron chi connectivity index (χ4n) is 2.38. The molecule has 0 aliphatic heterocycles. The first-order valence-electron chi connectivity index (χ1n) is 7.07. The van der Waals surface area contributed by atoms with Crippen LogP contribution in [0.1, 0.15) is 47.7 Å². The Balaban J connectivity index is 2.68. The predicted molar refractivity (Wildman–Crippen MR) is 88.4 cm³/mol. The Labute approximate surface area is 133 Å². The number of fused-ring (bicyclic) bond motifs is 1. The number of primary amides is 1. The van der Waals surface area contributed by atoms with Crippen molar-refractivity contribution in [2.45, 2.75) is 40.5 Å². The highest BCUT2D eigenvalue weighted by molar-refractivity contribution is 9.10. The Morgan fingerprint density at radius 3 is 2.57 bits per heavy atom. The van der Waals surface area contributed by atoms with Crippen LogP contribution in [0, 0.1) is 19.8 Å². The molecule has 2 N–H and O–H groups in total. The van der Waals surface area contributed by atoms with Crippen LogP contribution in [-0.2, 0) is 6.42 Å². The van der Waals surface area contributed by atoms with Crippen LogP contribution in [0.25, 0.3) is 10.9 Å². The van der Waals surface area contributed by atoms with E-state index in [2.05, 4.69) is 39.7 Å². The predicted octanol–water partition coefficient (Wildman–Crippen LogP) is 3.70. The largest absolute Gasteiger partial charge is 0.364 e. The van der Waals surface area contributed by atoms with Gasteiger partial charge in [0, 0.05) is 16.3 Å². The van der Waals surface area contributed by atoms with E-state index in [4.69, 9.17) is 5.73 Å². The number of nitrogens with two attached hydrogens (primary N) is 1. The van der Waals surface area contributed by atoms with Gasteiger partial charge in [-0.05, 0) is 43.4 Å². The number of halogens is 1. The standard InChI is InChI=1S/C16H20BrN3O/c1-8(2)5-6-12-19-11-7-9(3)14(17)10(4)13(11)15(20-12)16(18)21/h7-8H,5-6H2,1-4H3,(H2,18,21). The topological polar surface area (TPSA) is 68.9 Å². The third kappa shape index (κ3) is 3.23. The highest BCUT2D eigenvalue weighted by Gasteiger charge is 2.17. The minimum atomic E-state index is -0.507. The molecule has 1 aromatic carbocycles. The van der Waals surface area contributed by atoms with Crippen LogP contribution in [0.15, 0.2) is 10.5 Å². The number of hydrogen-bond acceptors (Lipinski definition) is 3. The van der Waals surface area contributed by atoms with Crippen molar-refractivity contribution in [2.24, 2.45) is 11.7 Å². The zero-order valence-corrected chi connectivity index (χ0v) is 14.4.